The first-order valence-electron chi connectivity index (χ1n) is 10.1. The van der Waals surface area contributed by atoms with Gasteiger partial charge in [-0.15, -0.1) is 0 Å². The van der Waals surface area contributed by atoms with Gasteiger partial charge in [-0.25, -0.2) is 9.78 Å². The molecular weight excluding hydrogens is 354 g/mol. The molecule has 0 saturated carbocycles. The average Bonchev–Trinajstić information content (AvgIpc) is 3.14. The van der Waals surface area contributed by atoms with Gasteiger partial charge < -0.3 is 9.72 Å². The number of amidine groups is 1. The van der Waals surface area contributed by atoms with Crippen molar-refractivity contribution in [3.8, 4) is 0 Å². The lowest BCUT2D eigenvalue weighted by Gasteiger charge is -2.38. The van der Waals surface area contributed by atoms with Crippen molar-refractivity contribution in [2.24, 2.45) is 4.99 Å². The van der Waals surface area contributed by atoms with Crippen LogP contribution in [0.25, 0.3) is 0 Å². The first-order chi connectivity index (χ1) is 13.7. The molecule has 2 aromatic rings. The van der Waals surface area contributed by atoms with Gasteiger partial charge in [-0.05, 0) is 31.7 Å². The fourth-order valence-electron chi connectivity index (χ4n) is 3.80. The molecule has 1 N–H and O–H groups in total. The summed E-state index contributed by atoms with van der Waals surface area (Å²) in [4.78, 5) is 29.6. The lowest BCUT2D eigenvalue weighted by molar-refractivity contribution is 0.129. The summed E-state index contributed by atoms with van der Waals surface area (Å²) in [7, 11) is 0. The molecule has 1 aromatic carbocycles. The van der Waals surface area contributed by atoms with Crippen molar-refractivity contribution in [2.45, 2.75) is 45.8 Å². The van der Waals surface area contributed by atoms with Gasteiger partial charge in [0.15, 0.2) is 11.7 Å². The van der Waals surface area contributed by atoms with E-state index in [0.717, 1.165) is 36.6 Å². The predicted molar refractivity (Wildman–Crippen MR) is 109 cm³/mol. The number of carbonyl (C=O) groups is 1. The predicted octanol–water partition coefficient (Wildman–Crippen LogP) is 3.36. The number of ether oxygens (including phenoxy) is 1. The third kappa shape index (κ3) is 3.54. The van der Waals surface area contributed by atoms with Crippen molar-refractivity contribution >= 4 is 17.7 Å². The maximum absolute atomic E-state index is 13.1. The zero-order chi connectivity index (χ0) is 19.5. The highest BCUT2D eigenvalue weighted by atomic mass is 16.5. The second-order valence-corrected chi connectivity index (χ2v) is 7.19. The molecule has 7 heteroatoms. The van der Waals surface area contributed by atoms with E-state index in [2.05, 4.69) is 41.2 Å². The minimum atomic E-state index is -0.0271. The zero-order valence-electron chi connectivity index (χ0n) is 16.5. The summed E-state index contributed by atoms with van der Waals surface area (Å²) in [6.45, 7) is 6.36. The molecule has 0 spiro atoms. The van der Waals surface area contributed by atoms with E-state index in [1.54, 1.807) is 9.80 Å². The molecular formula is C21H27N5O2. The van der Waals surface area contributed by atoms with E-state index >= 15 is 0 Å². The molecule has 7 nitrogen and oxygen atoms in total. The Morgan fingerprint density at radius 1 is 1.25 bits per heavy atom. The lowest BCUT2D eigenvalue weighted by Crippen LogP contribution is -2.54. The van der Waals surface area contributed by atoms with Crippen LogP contribution in [0.15, 0.2) is 35.3 Å². The molecule has 28 heavy (non-hydrogen) atoms. The first-order valence-corrected chi connectivity index (χ1v) is 10.1. The number of rotatable bonds is 7. The van der Waals surface area contributed by atoms with Crippen LogP contribution in [0.2, 0.25) is 0 Å². The Hall–Kier alpha value is -2.67. The quantitative estimate of drug-likeness (QED) is 0.799. The number of urea groups is 1. The maximum atomic E-state index is 13.1. The number of aliphatic imine (C=N–C) groups is 1. The first kappa shape index (κ1) is 18.7. The molecule has 0 unspecified atom stereocenters. The fourth-order valence-corrected chi connectivity index (χ4v) is 3.80. The number of aromatic amines is 1. The summed E-state index contributed by atoms with van der Waals surface area (Å²) >= 11 is 0. The third-order valence-electron chi connectivity index (χ3n) is 5.13. The van der Waals surface area contributed by atoms with Crippen LogP contribution in [0.1, 0.15) is 43.8 Å². The monoisotopic (exact) mass is 381 g/mol. The Labute approximate surface area is 165 Å². The normalized spacial score (nSPS) is 18.7. The summed E-state index contributed by atoms with van der Waals surface area (Å²) in [5.41, 5.74) is 2.10. The summed E-state index contributed by atoms with van der Waals surface area (Å²) in [6, 6.07) is 10.5. The minimum Gasteiger partial charge on any atom is -0.374 e. The zero-order valence-corrected chi connectivity index (χ0v) is 16.5. The number of imidazole rings is 1. The van der Waals surface area contributed by atoms with E-state index in [9.17, 15) is 4.79 Å². The molecule has 148 valence electrons. The van der Waals surface area contributed by atoms with Gasteiger partial charge in [0, 0.05) is 19.7 Å². The Kier molecular flexibility index (Phi) is 5.43. The van der Waals surface area contributed by atoms with Gasteiger partial charge in [-0.2, -0.15) is 0 Å². The van der Waals surface area contributed by atoms with Crippen LogP contribution in [0.3, 0.4) is 0 Å². The Balaban J connectivity index is 1.68. The number of nitrogens with zero attached hydrogens (tertiary/aromatic N) is 4. The largest absolute Gasteiger partial charge is 0.374 e. The van der Waals surface area contributed by atoms with Crippen LogP contribution in [0.5, 0.6) is 0 Å². The van der Waals surface area contributed by atoms with E-state index in [-0.39, 0.29) is 12.1 Å². The lowest BCUT2D eigenvalue weighted by atomic mass is 10.0. The SMILES string of the molecule is CCCN1C(=O)N2CC[C@@H](Cc3ccccc3)N=C2c2[nH]c(COCC)nc21. The van der Waals surface area contributed by atoms with Crippen LogP contribution in [-0.2, 0) is 17.8 Å². The van der Waals surface area contributed by atoms with Gasteiger partial charge in [0.2, 0.25) is 0 Å². The van der Waals surface area contributed by atoms with Crippen LogP contribution in [-0.4, -0.2) is 52.5 Å². The summed E-state index contributed by atoms with van der Waals surface area (Å²) in [6.07, 6.45) is 2.61. The number of aromatic nitrogens is 2. The number of fused-ring (bicyclic) bond motifs is 3. The van der Waals surface area contributed by atoms with Gasteiger partial charge in [0.25, 0.3) is 0 Å². The fraction of sp³-hybridized carbons (Fsp3) is 0.476. The highest BCUT2D eigenvalue weighted by molar-refractivity contribution is 6.17. The topological polar surface area (TPSA) is 73.8 Å². The minimum absolute atomic E-state index is 0.0271. The molecule has 0 aliphatic carbocycles. The van der Waals surface area contributed by atoms with Crippen molar-refractivity contribution in [1.29, 1.82) is 0 Å². The summed E-state index contributed by atoms with van der Waals surface area (Å²) in [5, 5.41) is 0. The van der Waals surface area contributed by atoms with Crippen molar-refractivity contribution in [3.05, 3.63) is 47.4 Å². The second kappa shape index (κ2) is 8.14. The van der Waals surface area contributed by atoms with Gasteiger partial charge in [0.05, 0.1) is 6.04 Å². The van der Waals surface area contributed by atoms with Gasteiger partial charge >= 0.3 is 6.03 Å². The van der Waals surface area contributed by atoms with Gasteiger partial charge in [-0.3, -0.25) is 14.8 Å². The van der Waals surface area contributed by atoms with Gasteiger partial charge in [-0.1, -0.05) is 37.3 Å². The van der Waals surface area contributed by atoms with Crippen molar-refractivity contribution in [1.82, 2.24) is 14.9 Å². The number of hydrogen-bond donors (Lipinski definition) is 1. The van der Waals surface area contributed by atoms with Crippen LogP contribution >= 0.6 is 0 Å². The van der Waals surface area contributed by atoms with Gasteiger partial charge in [0.1, 0.15) is 18.1 Å². The molecule has 2 amide bonds. The molecule has 0 fully saturated rings. The summed E-state index contributed by atoms with van der Waals surface area (Å²) < 4.78 is 5.50. The molecule has 0 bridgehead atoms. The van der Waals surface area contributed by atoms with Crippen LogP contribution in [0.4, 0.5) is 10.6 Å². The number of nitrogens with one attached hydrogen (secondary N) is 1. The number of carbonyl (C=O) groups excluding carboxylic acids is 1. The number of benzene rings is 1. The van der Waals surface area contributed by atoms with Crippen LogP contribution < -0.4 is 4.90 Å². The van der Waals surface area contributed by atoms with E-state index in [4.69, 9.17) is 9.73 Å². The molecule has 0 saturated heterocycles. The molecule has 2 aliphatic rings. The second-order valence-electron chi connectivity index (χ2n) is 7.19. The van der Waals surface area contributed by atoms with E-state index in [0.29, 0.717) is 32.1 Å². The molecule has 1 atom stereocenters. The molecule has 2 aliphatic heterocycles. The Morgan fingerprint density at radius 2 is 2.07 bits per heavy atom. The number of amides is 2. The summed E-state index contributed by atoms with van der Waals surface area (Å²) in [5.74, 6) is 2.13. The smallest absolute Gasteiger partial charge is 0.331 e. The van der Waals surface area contributed by atoms with E-state index < -0.39 is 0 Å². The Morgan fingerprint density at radius 3 is 2.82 bits per heavy atom. The molecule has 4 rings (SSSR count). The number of H-pyrrole nitrogens is 1. The highest BCUT2D eigenvalue weighted by Gasteiger charge is 2.40. The number of anilines is 1. The molecule has 1 aromatic heterocycles. The highest BCUT2D eigenvalue weighted by Crippen LogP contribution is 2.31. The molecule has 0 radical (unpaired) electrons. The third-order valence-corrected chi connectivity index (χ3v) is 5.13. The molecule has 3 heterocycles. The van der Waals surface area contributed by atoms with Crippen molar-refractivity contribution in [2.75, 3.05) is 24.6 Å². The maximum Gasteiger partial charge on any atom is 0.331 e. The van der Waals surface area contributed by atoms with Crippen molar-refractivity contribution < 1.29 is 9.53 Å². The number of hydrogen-bond acceptors (Lipinski definition) is 4. The average molecular weight is 381 g/mol. The van der Waals surface area contributed by atoms with Crippen molar-refractivity contribution in [3.63, 3.8) is 0 Å². The van der Waals surface area contributed by atoms with E-state index in [1.165, 1.54) is 5.56 Å². The Bertz CT molecular complexity index is 861. The standard InChI is InChI=1S/C21H27N5O2/c1-3-11-25-20-18(23-17(24-20)14-28-4-2)19-22-16(10-12-26(19)21(25)27)13-15-8-6-5-7-9-15/h5-9,16H,3-4,10-14H2,1-2H3,(H,23,24)/t16-/m0/s1. The van der Waals surface area contributed by atoms with Crippen LogP contribution in [0, 0.1) is 0 Å². The van der Waals surface area contributed by atoms with E-state index in [1.807, 2.05) is 13.0 Å².